The predicted molar refractivity (Wildman–Crippen MR) is 84.1 cm³/mol. The van der Waals surface area contributed by atoms with Gasteiger partial charge in [0.2, 0.25) is 0 Å². The second kappa shape index (κ2) is 6.62. The van der Waals surface area contributed by atoms with Crippen molar-refractivity contribution in [3.05, 3.63) is 57.0 Å². The molecule has 0 spiro atoms. The van der Waals surface area contributed by atoms with Crippen LogP contribution < -0.4 is 10.1 Å². The SMILES string of the molecule is COc1c(Br)cc(Cl)cc1NC(C)c1cccc(F)c1F. The molecule has 0 aliphatic carbocycles. The predicted octanol–water partition coefficient (Wildman–Crippen LogP) is 5.56. The Morgan fingerprint density at radius 2 is 2.00 bits per heavy atom. The van der Waals surface area contributed by atoms with Gasteiger partial charge in [-0.25, -0.2) is 8.78 Å². The molecule has 112 valence electrons. The lowest BCUT2D eigenvalue weighted by molar-refractivity contribution is 0.413. The van der Waals surface area contributed by atoms with Gasteiger partial charge >= 0.3 is 0 Å². The largest absolute Gasteiger partial charge is 0.493 e. The highest BCUT2D eigenvalue weighted by Crippen LogP contribution is 2.38. The van der Waals surface area contributed by atoms with Gasteiger partial charge in [-0.05, 0) is 41.1 Å². The van der Waals surface area contributed by atoms with Gasteiger partial charge in [0.05, 0.1) is 23.3 Å². The Morgan fingerprint density at radius 3 is 2.67 bits per heavy atom. The van der Waals surface area contributed by atoms with Gasteiger partial charge in [0, 0.05) is 10.6 Å². The smallest absolute Gasteiger partial charge is 0.164 e. The van der Waals surface area contributed by atoms with Crippen LogP contribution in [0.25, 0.3) is 0 Å². The van der Waals surface area contributed by atoms with E-state index in [0.717, 1.165) is 6.07 Å². The highest BCUT2D eigenvalue weighted by atomic mass is 79.9. The third-order valence-corrected chi connectivity index (χ3v) is 3.84. The lowest BCUT2D eigenvalue weighted by Crippen LogP contribution is -2.10. The van der Waals surface area contributed by atoms with E-state index in [4.69, 9.17) is 16.3 Å². The zero-order valence-electron chi connectivity index (χ0n) is 11.4. The van der Waals surface area contributed by atoms with Crippen LogP contribution in [0, 0.1) is 11.6 Å². The van der Waals surface area contributed by atoms with Crippen LogP contribution in [-0.4, -0.2) is 7.11 Å². The topological polar surface area (TPSA) is 21.3 Å². The van der Waals surface area contributed by atoms with E-state index < -0.39 is 17.7 Å². The minimum absolute atomic E-state index is 0.230. The van der Waals surface area contributed by atoms with Gasteiger partial charge in [0.1, 0.15) is 0 Å². The van der Waals surface area contributed by atoms with Crippen molar-refractivity contribution in [1.82, 2.24) is 0 Å². The fraction of sp³-hybridized carbons (Fsp3) is 0.200. The lowest BCUT2D eigenvalue weighted by atomic mass is 10.1. The summed E-state index contributed by atoms with van der Waals surface area (Å²) in [5, 5.41) is 3.58. The maximum atomic E-state index is 13.8. The first-order chi connectivity index (χ1) is 9.93. The Bertz CT molecular complexity index is 666. The summed E-state index contributed by atoms with van der Waals surface area (Å²) in [5.74, 6) is -1.19. The van der Waals surface area contributed by atoms with Gasteiger partial charge in [0.25, 0.3) is 0 Å². The number of methoxy groups -OCH3 is 1. The van der Waals surface area contributed by atoms with E-state index in [1.165, 1.54) is 19.2 Å². The summed E-state index contributed by atoms with van der Waals surface area (Å²) in [5.41, 5.74) is 0.821. The van der Waals surface area contributed by atoms with Crippen molar-refractivity contribution in [3.8, 4) is 5.75 Å². The summed E-state index contributed by atoms with van der Waals surface area (Å²) >= 11 is 9.35. The minimum atomic E-state index is -0.875. The molecule has 0 amide bonds. The van der Waals surface area contributed by atoms with Crippen molar-refractivity contribution >= 4 is 33.2 Å². The Labute approximate surface area is 135 Å². The molecule has 6 heteroatoms. The average Bonchev–Trinajstić information content (AvgIpc) is 2.41. The molecule has 0 aliphatic heterocycles. The first-order valence-electron chi connectivity index (χ1n) is 6.17. The standard InChI is InChI=1S/C15H13BrClF2NO/c1-8(10-4-3-5-12(18)14(10)19)20-13-7-9(17)6-11(16)15(13)21-2/h3-8,20H,1-2H3. The zero-order chi connectivity index (χ0) is 15.6. The minimum Gasteiger partial charge on any atom is -0.493 e. The number of nitrogens with one attached hydrogen (secondary N) is 1. The Hall–Kier alpha value is -1.33. The molecule has 1 N–H and O–H groups in total. The highest BCUT2D eigenvalue weighted by molar-refractivity contribution is 9.10. The van der Waals surface area contributed by atoms with Gasteiger partial charge in [-0.3, -0.25) is 0 Å². The second-order valence-corrected chi connectivity index (χ2v) is 5.77. The number of hydrogen-bond donors (Lipinski definition) is 1. The summed E-state index contributed by atoms with van der Waals surface area (Å²) in [4.78, 5) is 0. The Morgan fingerprint density at radius 1 is 1.29 bits per heavy atom. The normalized spacial score (nSPS) is 12.1. The molecule has 0 aromatic heterocycles. The van der Waals surface area contributed by atoms with E-state index >= 15 is 0 Å². The Kier molecular flexibility index (Phi) is 5.06. The molecule has 2 nitrogen and oxygen atoms in total. The van der Waals surface area contributed by atoms with Crippen molar-refractivity contribution in [1.29, 1.82) is 0 Å². The van der Waals surface area contributed by atoms with Crippen LogP contribution in [0.3, 0.4) is 0 Å². The van der Waals surface area contributed by atoms with Gasteiger partial charge in [-0.15, -0.1) is 0 Å². The molecule has 0 heterocycles. The molecule has 2 aromatic rings. The zero-order valence-corrected chi connectivity index (χ0v) is 13.7. The molecule has 2 aromatic carbocycles. The maximum absolute atomic E-state index is 13.8. The van der Waals surface area contributed by atoms with Gasteiger partial charge in [-0.1, -0.05) is 23.7 Å². The molecule has 1 unspecified atom stereocenters. The van der Waals surface area contributed by atoms with Crippen molar-refractivity contribution in [2.24, 2.45) is 0 Å². The van der Waals surface area contributed by atoms with Crippen LogP contribution in [0.15, 0.2) is 34.8 Å². The number of anilines is 1. The summed E-state index contributed by atoms with van der Waals surface area (Å²) in [6, 6.07) is 6.99. The average molecular weight is 377 g/mol. The van der Waals surface area contributed by atoms with Gasteiger partial charge in [0.15, 0.2) is 17.4 Å². The summed E-state index contributed by atoms with van der Waals surface area (Å²) in [7, 11) is 1.52. The van der Waals surface area contributed by atoms with Crippen LogP contribution in [0.5, 0.6) is 5.75 Å². The molecule has 0 bridgehead atoms. The van der Waals surface area contributed by atoms with E-state index in [-0.39, 0.29) is 5.56 Å². The summed E-state index contributed by atoms with van der Waals surface area (Å²) in [6.45, 7) is 1.73. The first-order valence-corrected chi connectivity index (χ1v) is 7.34. The third kappa shape index (κ3) is 3.47. The second-order valence-electron chi connectivity index (χ2n) is 4.48. The number of halogens is 4. The number of ether oxygens (including phenoxy) is 1. The van der Waals surface area contributed by atoms with Crippen molar-refractivity contribution in [2.45, 2.75) is 13.0 Å². The monoisotopic (exact) mass is 375 g/mol. The fourth-order valence-electron chi connectivity index (χ4n) is 2.04. The molecular weight excluding hydrogens is 364 g/mol. The molecule has 2 rings (SSSR count). The Balaban J connectivity index is 2.35. The summed E-state index contributed by atoms with van der Waals surface area (Å²) < 4.78 is 33.1. The summed E-state index contributed by atoms with van der Waals surface area (Å²) in [6.07, 6.45) is 0. The van der Waals surface area contributed by atoms with Crippen LogP contribution in [0.2, 0.25) is 5.02 Å². The quantitative estimate of drug-likeness (QED) is 0.754. The molecule has 0 fully saturated rings. The molecule has 0 saturated carbocycles. The molecular formula is C15H13BrClF2NO. The molecule has 0 aliphatic rings. The van der Waals surface area contributed by atoms with Crippen LogP contribution in [0.1, 0.15) is 18.5 Å². The van der Waals surface area contributed by atoms with Crippen molar-refractivity contribution in [2.75, 3.05) is 12.4 Å². The van der Waals surface area contributed by atoms with Crippen molar-refractivity contribution < 1.29 is 13.5 Å². The molecule has 0 saturated heterocycles. The molecule has 1 atom stereocenters. The molecule has 0 radical (unpaired) electrons. The van der Waals surface area contributed by atoms with E-state index in [2.05, 4.69) is 21.2 Å². The third-order valence-electron chi connectivity index (χ3n) is 3.03. The van der Waals surface area contributed by atoms with Crippen LogP contribution >= 0.6 is 27.5 Å². The maximum Gasteiger partial charge on any atom is 0.164 e. The van der Waals surface area contributed by atoms with E-state index in [1.807, 2.05) is 0 Å². The fourth-order valence-corrected chi connectivity index (χ4v) is 3.01. The van der Waals surface area contributed by atoms with Gasteiger partial charge < -0.3 is 10.1 Å². The molecule has 21 heavy (non-hydrogen) atoms. The van der Waals surface area contributed by atoms with Gasteiger partial charge in [-0.2, -0.15) is 0 Å². The number of rotatable bonds is 4. The van der Waals surface area contributed by atoms with E-state index in [0.29, 0.717) is 20.9 Å². The lowest BCUT2D eigenvalue weighted by Gasteiger charge is -2.19. The van der Waals surface area contributed by atoms with Crippen LogP contribution in [-0.2, 0) is 0 Å². The first kappa shape index (κ1) is 16.0. The number of hydrogen-bond acceptors (Lipinski definition) is 2. The van der Waals surface area contributed by atoms with Crippen LogP contribution in [0.4, 0.5) is 14.5 Å². The van der Waals surface area contributed by atoms with Crippen molar-refractivity contribution in [3.63, 3.8) is 0 Å². The number of benzene rings is 2. The van der Waals surface area contributed by atoms with E-state index in [1.54, 1.807) is 19.1 Å². The van der Waals surface area contributed by atoms with E-state index in [9.17, 15) is 8.78 Å². The highest BCUT2D eigenvalue weighted by Gasteiger charge is 2.17.